The van der Waals surface area contributed by atoms with Gasteiger partial charge in [0.1, 0.15) is 11.6 Å². The van der Waals surface area contributed by atoms with E-state index >= 15 is 0 Å². The molecule has 0 radical (unpaired) electrons. The monoisotopic (exact) mass is 183 g/mol. The van der Waals surface area contributed by atoms with Gasteiger partial charge in [-0.1, -0.05) is 0 Å². The summed E-state index contributed by atoms with van der Waals surface area (Å²) in [4.78, 5) is 0. The van der Waals surface area contributed by atoms with E-state index in [9.17, 15) is 8.78 Å². The predicted octanol–water partition coefficient (Wildman–Crippen LogP) is 2.30. The highest BCUT2D eigenvalue weighted by atomic mass is 19.1. The van der Waals surface area contributed by atoms with Crippen molar-refractivity contribution >= 4 is 0 Å². The minimum atomic E-state index is -0.534. The van der Waals surface area contributed by atoms with Crippen LogP contribution in [0, 0.1) is 11.6 Å². The van der Waals surface area contributed by atoms with Gasteiger partial charge in [-0.3, -0.25) is 0 Å². The molecule has 0 fully saturated rings. The third-order valence-corrected chi connectivity index (χ3v) is 2.54. The summed E-state index contributed by atoms with van der Waals surface area (Å²) in [5.41, 5.74) is 6.99. The van der Waals surface area contributed by atoms with Gasteiger partial charge in [0.05, 0.1) is 0 Å². The van der Waals surface area contributed by atoms with Gasteiger partial charge in [-0.15, -0.1) is 0 Å². The molecule has 0 amide bonds. The van der Waals surface area contributed by atoms with E-state index in [1.807, 2.05) is 0 Å². The molecule has 1 aromatic rings. The van der Waals surface area contributed by atoms with Gasteiger partial charge in [0.15, 0.2) is 0 Å². The Bertz CT molecular complexity index is 336. The lowest BCUT2D eigenvalue weighted by atomic mass is 9.88. The van der Waals surface area contributed by atoms with Crippen LogP contribution in [-0.4, -0.2) is 0 Å². The molecule has 0 saturated carbocycles. The van der Waals surface area contributed by atoms with Crippen LogP contribution in [0.1, 0.15) is 30.0 Å². The third kappa shape index (κ3) is 1.44. The van der Waals surface area contributed by atoms with Crippen LogP contribution in [0.15, 0.2) is 12.1 Å². The fourth-order valence-corrected chi connectivity index (χ4v) is 1.87. The number of halogens is 2. The smallest absolute Gasteiger partial charge is 0.129 e. The summed E-state index contributed by atoms with van der Waals surface area (Å²) in [5.74, 6) is -0.987. The van der Waals surface area contributed by atoms with Crippen LogP contribution in [0.5, 0.6) is 0 Å². The Morgan fingerprint density at radius 1 is 1.31 bits per heavy atom. The fourth-order valence-electron chi connectivity index (χ4n) is 1.87. The van der Waals surface area contributed by atoms with Crippen molar-refractivity contribution < 1.29 is 8.78 Å². The Morgan fingerprint density at radius 2 is 2.08 bits per heavy atom. The number of rotatable bonds is 0. The summed E-state index contributed by atoms with van der Waals surface area (Å²) < 4.78 is 26.0. The highest BCUT2D eigenvalue weighted by Gasteiger charge is 2.20. The first-order valence-electron chi connectivity index (χ1n) is 4.42. The van der Waals surface area contributed by atoms with E-state index in [2.05, 4.69) is 0 Å². The van der Waals surface area contributed by atoms with Gasteiger partial charge in [0.25, 0.3) is 0 Å². The maximum absolute atomic E-state index is 13.2. The Morgan fingerprint density at radius 3 is 2.85 bits per heavy atom. The van der Waals surface area contributed by atoms with Crippen molar-refractivity contribution in [2.75, 3.05) is 0 Å². The lowest BCUT2D eigenvalue weighted by Crippen LogP contribution is -2.18. The van der Waals surface area contributed by atoms with E-state index in [1.165, 1.54) is 6.07 Å². The first-order valence-corrected chi connectivity index (χ1v) is 4.42. The van der Waals surface area contributed by atoms with Gasteiger partial charge < -0.3 is 5.73 Å². The van der Waals surface area contributed by atoms with E-state index < -0.39 is 11.6 Å². The van der Waals surface area contributed by atoms with Gasteiger partial charge >= 0.3 is 0 Å². The Hall–Kier alpha value is -0.960. The fraction of sp³-hybridized carbons (Fsp3) is 0.400. The van der Waals surface area contributed by atoms with Crippen LogP contribution in [0.3, 0.4) is 0 Å². The zero-order valence-corrected chi connectivity index (χ0v) is 7.19. The van der Waals surface area contributed by atoms with Crippen LogP contribution in [-0.2, 0) is 6.42 Å². The standard InChI is InChI=1S/C10H11F2N/c11-6-4-8-7(9(12)5-6)2-1-3-10(8)13/h4-5,10H,1-3,13H2. The molecule has 2 N–H and O–H groups in total. The average Bonchev–Trinajstić information content (AvgIpc) is 2.07. The lowest BCUT2D eigenvalue weighted by Gasteiger charge is -2.22. The molecule has 0 heterocycles. The Labute approximate surface area is 75.6 Å². The summed E-state index contributed by atoms with van der Waals surface area (Å²) >= 11 is 0. The van der Waals surface area contributed by atoms with Crippen LogP contribution in [0.25, 0.3) is 0 Å². The molecule has 1 atom stereocenters. The Kier molecular flexibility index (Phi) is 2.04. The topological polar surface area (TPSA) is 26.0 Å². The molecule has 0 saturated heterocycles. The highest BCUT2D eigenvalue weighted by Crippen LogP contribution is 2.30. The molecular formula is C10H11F2N. The van der Waals surface area contributed by atoms with Gasteiger partial charge in [-0.05, 0) is 36.5 Å². The molecule has 0 aliphatic heterocycles. The van der Waals surface area contributed by atoms with Crippen molar-refractivity contribution in [1.82, 2.24) is 0 Å². The molecule has 0 aromatic heterocycles. The molecule has 1 aliphatic carbocycles. The number of hydrogen-bond acceptors (Lipinski definition) is 1. The maximum atomic E-state index is 13.2. The van der Waals surface area contributed by atoms with Crippen molar-refractivity contribution in [3.8, 4) is 0 Å². The van der Waals surface area contributed by atoms with Crippen molar-refractivity contribution in [2.45, 2.75) is 25.3 Å². The minimum absolute atomic E-state index is 0.200. The lowest BCUT2D eigenvalue weighted by molar-refractivity contribution is 0.513. The molecule has 2 rings (SSSR count). The molecule has 1 unspecified atom stereocenters. The van der Waals surface area contributed by atoms with E-state index in [4.69, 9.17) is 5.73 Å². The van der Waals surface area contributed by atoms with E-state index in [0.717, 1.165) is 18.9 Å². The first-order chi connectivity index (χ1) is 6.18. The van der Waals surface area contributed by atoms with Gasteiger partial charge in [0.2, 0.25) is 0 Å². The van der Waals surface area contributed by atoms with E-state index in [1.54, 1.807) is 0 Å². The molecule has 0 spiro atoms. The highest BCUT2D eigenvalue weighted by molar-refractivity contribution is 5.33. The second kappa shape index (κ2) is 3.07. The molecular weight excluding hydrogens is 172 g/mol. The van der Waals surface area contributed by atoms with Crippen LogP contribution in [0.2, 0.25) is 0 Å². The summed E-state index contributed by atoms with van der Waals surface area (Å²) in [6, 6.07) is 2.08. The zero-order chi connectivity index (χ0) is 9.42. The van der Waals surface area contributed by atoms with Gasteiger partial charge in [-0.25, -0.2) is 8.78 Å². The molecule has 1 aromatic carbocycles. The summed E-state index contributed by atoms with van der Waals surface area (Å²) in [6.45, 7) is 0. The second-order valence-electron chi connectivity index (χ2n) is 3.45. The van der Waals surface area contributed by atoms with Crippen LogP contribution in [0.4, 0.5) is 8.78 Å². The molecule has 1 aliphatic rings. The second-order valence-corrected chi connectivity index (χ2v) is 3.45. The third-order valence-electron chi connectivity index (χ3n) is 2.54. The minimum Gasteiger partial charge on any atom is -0.324 e. The molecule has 70 valence electrons. The van der Waals surface area contributed by atoms with Crippen LogP contribution >= 0.6 is 0 Å². The van der Waals surface area contributed by atoms with E-state index in [0.29, 0.717) is 17.5 Å². The maximum Gasteiger partial charge on any atom is 0.129 e. The predicted molar refractivity (Wildman–Crippen MR) is 46.2 cm³/mol. The average molecular weight is 183 g/mol. The summed E-state index contributed by atoms with van der Waals surface area (Å²) in [5, 5.41) is 0. The van der Waals surface area contributed by atoms with Gasteiger partial charge in [0, 0.05) is 12.1 Å². The summed E-state index contributed by atoms with van der Waals surface area (Å²) in [7, 11) is 0. The van der Waals surface area contributed by atoms with Crippen molar-refractivity contribution in [2.24, 2.45) is 5.73 Å². The molecule has 3 heteroatoms. The SMILES string of the molecule is NC1CCCc2c(F)cc(F)cc21. The van der Waals surface area contributed by atoms with E-state index in [-0.39, 0.29) is 6.04 Å². The molecule has 1 nitrogen and oxygen atoms in total. The number of nitrogens with two attached hydrogens (primary N) is 1. The molecule has 0 bridgehead atoms. The number of benzene rings is 1. The Balaban J connectivity index is 2.56. The van der Waals surface area contributed by atoms with Crippen LogP contribution < -0.4 is 5.73 Å². The number of fused-ring (bicyclic) bond motifs is 1. The first kappa shape index (κ1) is 8.63. The van der Waals surface area contributed by atoms with Gasteiger partial charge in [-0.2, -0.15) is 0 Å². The van der Waals surface area contributed by atoms with Crippen molar-refractivity contribution in [1.29, 1.82) is 0 Å². The van der Waals surface area contributed by atoms with Crippen molar-refractivity contribution in [3.63, 3.8) is 0 Å². The quantitative estimate of drug-likeness (QED) is 0.656. The molecule has 13 heavy (non-hydrogen) atoms. The largest absolute Gasteiger partial charge is 0.324 e. The van der Waals surface area contributed by atoms with Crippen molar-refractivity contribution in [3.05, 3.63) is 34.9 Å². The summed E-state index contributed by atoms with van der Waals surface area (Å²) in [6.07, 6.45) is 2.38. The zero-order valence-electron chi connectivity index (χ0n) is 7.19. The normalized spacial score (nSPS) is 21.3. The number of hydrogen-bond donors (Lipinski definition) is 1.